The Hall–Kier alpha value is -0.830. The summed E-state index contributed by atoms with van der Waals surface area (Å²) >= 11 is 0. The third-order valence-electron chi connectivity index (χ3n) is 1.88. The first-order valence-electron chi connectivity index (χ1n) is 5.15. The van der Waals surface area contributed by atoms with Crippen molar-refractivity contribution in [3.63, 3.8) is 0 Å². The largest absolute Gasteiger partial charge is 0.462 e. The summed E-state index contributed by atoms with van der Waals surface area (Å²) in [7, 11) is 0. The third kappa shape index (κ3) is 7.14. The van der Waals surface area contributed by atoms with Gasteiger partial charge in [-0.05, 0) is 27.2 Å². The smallest absolute Gasteiger partial charge is 0.333 e. The minimum atomic E-state index is -0.335. The lowest BCUT2D eigenvalue weighted by Crippen LogP contribution is -2.39. The second kappa shape index (κ2) is 4.79. The second-order valence-electron chi connectivity index (χ2n) is 5.69. The molecule has 0 amide bonds. The van der Waals surface area contributed by atoms with Gasteiger partial charge in [0.15, 0.2) is 0 Å². The molecule has 0 aliphatic carbocycles. The highest BCUT2D eigenvalue weighted by Crippen LogP contribution is 2.26. The minimum Gasteiger partial charge on any atom is -0.462 e. The number of carbonyl (C=O) groups excluding carboxylic acids is 1. The molecule has 88 valence electrons. The number of rotatable bonds is 5. The van der Waals surface area contributed by atoms with E-state index in [9.17, 15) is 4.79 Å². The van der Waals surface area contributed by atoms with Crippen LogP contribution in [-0.2, 0) is 9.53 Å². The van der Waals surface area contributed by atoms with E-state index in [1.54, 1.807) is 6.92 Å². The number of nitrogens with two attached hydrogens (primary N) is 1. The standard InChI is InChI=1S/C12H23NO2/c1-9(2)10(14)15-8-11(3,4)7-12(5,6)13/h1,7-8,13H2,2-6H3. The van der Waals surface area contributed by atoms with Crippen LogP contribution in [0.3, 0.4) is 0 Å². The number of hydrogen-bond acceptors (Lipinski definition) is 3. The van der Waals surface area contributed by atoms with Crippen LogP contribution in [0.1, 0.15) is 41.0 Å². The van der Waals surface area contributed by atoms with E-state index in [1.165, 1.54) is 0 Å². The molecule has 0 unspecified atom stereocenters. The molecule has 0 bridgehead atoms. The average molecular weight is 213 g/mol. The lowest BCUT2D eigenvalue weighted by molar-refractivity contribution is -0.142. The van der Waals surface area contributed by atoms with Gasteiger partial charge in [-0.25, -0.2) is 4.79 Å². The minimum absolute atomic E-state index is 0.108. The molecule has 0 saturated carbocycles. The van der Waals surface area contributed by atoms with E-state index < -0.39 is 0 Å². The first-order valence-corrected chi connectivity index (χ1v) is 5.15. The van der Waals surface area contributed by atoms with Crippen LogP contribution in [0.15, 0.2) is 12.2 Å². The second-order valence-corrected chi connectivity index (χ2v) is 5.69. The topological polar surface area (TPSA) is 52.3 Å². The fourth-order valence-corrected chi connectivity index (χ4v) is 1.67. The van der Waals surface area contributed by atoms with Gasteiger partial charge in [0, 0.05) is 16.5 Å². The summed E-state index contributed by atoms with van der Waals surface area (Å²) < 4.78 is 5.12. The van der Waals surface area contributed by atoms with Gasteiger partial charge in [-0.3, -0.25) is 0 Å². The predicted octanol–water partition coefficient (Wildman–Crippen LogP) is 2.26. The SMILES string of the molecule is C=C(C)C(=O)OCC(C)(C)CC(C)(C)N. The number of esters is 1. The lowest BCUT2D eigenvalue weighted by atomic mass is 9.81. The highest BCUT2D eigenvalue weighted by Gasteiger charge is 2.27. The molecule has 15 heavy (non-hydrogen) atoms. The van der Waals surface area contributed by atoms with Gasteiger partial charge in [0.25, 0.3) is 0 Å². The molecular weight excluding hydrogens is 190 g/mol. The van der Waals surface area contributed by atoms with Crippen LogP contribution >= 0.6 is 0 Å². The highest BCUT2D eigenvalue weighted by molar-refractivity contribution is 5.86. The molecule has 0 fully saturated rings. The normalized spacial score (nSPS) is 12.4. The Morgan fingerprint density at radius 3 is 2.13 bits per heavy atom. The van der Waals surface area contributed by atoms with Crippen molar-refractivity contribution in [2.45, 2.75) is 46.6 Å². The van der Waals surface area contributed by atoms with Crippen LogP contribution in [-0.4, -0.2) is 18.1 Å². The number of carbonyl (C=O) groups is 1. The highest BCUT2D eigenvalue weighted by atomic mass is 16.5. The van der Waals surface area contributed by atoms with Crippen LogP contribution in [0.25, 0.3) is 0 Å². The van der Waals surface area contributed by atoms with E-state index in [4.69, 9.17) is 10.5 Å². The summed E-state index contributed by atoms with van der Waals surface area (Å²) in [5.41, 5.74) is 6.00. The summed E-state index contributed by atoms with van der Waals surface area (Å²) in [6.45, 7) is 13.6. The summed E-state index contributed by atoms with van der Waals surface area (Å²) in [4.78, 5) is 11.2. The summed E-state index contributed by atoms with van der Waals surface area (Å²) in [5.74, 6) is -0.335. The van der Waals surface area contributed by atoms with Crippen molar-refractivity contribution in [2.75, 3.05) is 6.61 Å². The maximum absolute atomic E-state index is 11.2. The van der Waals surface area contributed by atoms with Crippen LogP contribution in [0.5, 0.6) is 0 Å². The van der Waals surface area contributed by atoms with Crippen LogP contribution in [0.2, 0.25) is 0 Å². The molecule has 0 spiro atoms. The lowest BCUT2D eigenvalue weighted by Gasteiger charge is -2.31. The van der Waals surface area contributed by atoms with Crippen molar-refractivity contribution < 1.29 is 9.53 Å². The maximum atomic E-state index is 11.2. The molecule has 0 atom stereocenters. The van der Waals surface area contributed by atoms with Gasteiger partial charge in [-0.15, -0.1) is 0 Å². The Morgan fingerprint density at radius 1 is 1.33 bits per heavy atom. The molecule has 0 aromatic heterocycles. The molecule has 0 saturated heterocycles. The zero-order valence-corrected chi connectivity index (χ0v) is 10.5. The van der Waals surface area contributed by atoms with Crippen molar-refractivity contribution in [3.8, 4) is 0 Å². The van der Waals surface area contributed by atoms with Gasteiger partial charge in [0.2, 0.25) is 0 Å². The van der Waals surface area contributed by atoms with Crippen molar-refractivity contribution in [1.29, 1.82) is 0 Å². The van der Waals surface area contributed by atoms with Gasteiger partial charge in [-0.2, -0.15) is 0 Å². The molecule has 0 aliphatic rings. The Morgan fingerprint density at radius 2 is 1.80 bits per heavy atom. The average Bonchev–Trinajstić information content (AvgIpc) is 1.95. The molecule has 0 radical (unpaired) electrons. The van der Waals surface area contributed by atoms with Crippen molar-refractivity contribution in [1.82, 2.24) is 0 Å². The maximum Gasteiger partial charge on any atom is 0.333 e. The van der Waals surface area contributed by atoms with E-state index in [0.29, 0.717) is 12.2 Å². The molecule has 3 heteroatoms. The molecule has 0 aromatic carbocycles. The first kappa shape index (κ1) is 14.2. The zero-order chi connectivity index (χ0) is 12.3. The Bertz CT molecular complexity index is 249. The molecule has 2 N–H and O–H groups in total. The monoisotopic (exact) mass is 213 g/mol. The predicted molar refractivity (Wildman–Crippen MR) is 62.4 cm³/mol. The van der Waals surface area contributed by atoms with Gasteiger partial charge in [0.05, 0.1) is 6.61 Å². The summed E-state index contributed by atoms with van der Waals surface area (Å²) in [6.07, 6.45) is 0.795. The first-order chi connectivity index (χ1) is 6.53. The third-order valence-corrected chi connectivity index (χ3v) is 1.88. The molecule has 0 rings (SSSR count). The van der Waals surface area contributed by atoms with Gasteiger partial charge in [0.1, 0.15) is 0 Å². The quantitative estimate of drug-likeness (QED) is 0.563. The van der Waals surface area contributed by atoms with Gasteiger partial charge < -0.3 is 10.5 Å². The van der Waals surface area contributed by atoms with Crippen molar-refractivity contribution in [3.05, 3.63) is 12.2 Å². The zero-order valence-electron chi connectivity index (χ0n) is 10.5. The van der Waals surface area contributed by atoms with E-state index in [2.05, 4.69) is 6.58 Å². The van der Waals surface area contributed by atoms with Crippen molar-refractivity contribution in [2.24, 2.45) is 11.1 Å². The summed E-state index contributed by atoms with van der Waals surface area (Å²) in [6, 6.07) is 0. The van der Waals surface area contributed by atoms with E-state index >= 15 is 0 Å². The fraction of sp³-hybridized carbons (Fsp3) is 0.750. The molecule has 0 heterocycles. The van der Waals surface area contributed by atoms with Crippen molar-refractivity contribution >= 4 is 5.97 Å². The number of hydrogen-bond donors (Lipinski definition) is 1. The van der Waals surface area contributed by atoms with E-state index in [1.807, 2.05) is 27.7 Å². The Labute approximate surface area is 92.7 Å². The fourth-order valence-electron chi connectivity index (χ4n) is 1.67. The molecular formula is C12H23NO2. The van der Waals surface area contributed by atoms with E-state index in [0.717, 1.165) is 6.42 Å². The molecule has 3 nitrogen and oxygen atoms in total. The molecule has 0 aliphatic heterocycles. The Balaban J connectivity index is 4.16. The number of ether oxygens (including phenoxy) is 1. The van der Waals surface area contributed by atoms with E-state index in [-0.39, 0.29) is 16.9 Å². The Kier molecular flexibility index (Phi) is 4.53. The van der Waals surface area contributed by atoms with Crippen LogP contribution in [0.4, 0.5) is 0 Å². The van der Waals surface area contributed by atoms with Crippen LogP contribution in [0, 0.1) is 5.41 Å². The van der Waals surface area contributed by atoms with Gasteiger partial charge in [-0.1, -0.05) is 20.4 Å². The molecule has 0 aromatic rings. The van der Waals surface area contributed by atoms with Gasteiger partial charge >= 0.3 is 5.97 Å². The summed E-state index contributed by atoms with van der Waals surface area (Å²) in [5, 5.41) is 0. The van der Waals surface area contributed by atoms with Crippen LogP contribution < -0.4 is 5.73 Å².